The fourth-order valence-corrected chi connectivity index (χ4v) is 3.84. The van der Waals surface area contributed by atoms with Gasteiger partial charge < -0.3 is 9.73 Å². The molecule has 0 aliphatic heterocycles. The minimum atomic E-state index is -0.233. The van der Waals surface area contributed by atoms with Gasteiger partial charge in [-0.1, -0.05) is 36.4 Å². The van der Waals surface area contributed by atoms with Gasteiger partial charge in [0.05, 0.1) is 29.2 Å². The van der Waals surface area contributed by atoms with Crippen molar-refractivity contribution < 1.29 is 9.21 Å². The van der Waals surface area contributed by atoms with Crippen LogP contribution in [0.1, 0.15) is 59.1 Å². The average molecular weight is 385 g/mol. The first-order chi connectivity index (χ1) is 14.1. The van der Waals surface area contributed by atoms with E-state index in [1.807, 2.05) is 60.1 Å². The Hall–Kier alpha value is -3.34. The molecule has 1 atom stereocenters. The second-order valence-corrected chi connectivity index (χ2v) is 7.80. The van der Waals surface area contributed by atoms with Gasteiger partial charge in [0.25, 0.3) is 5.91 Å². The summed E-state index contributed by atoms with van der Waals surface area (Å²) in [6.07, 6.45) is 3.88. The Bertz CT molecular complexity index is 1170. The molecule has 2 aromatic carbocycles. The van der Waals surface area contributed by atoms with E-state index in [0.717, 1.165) is 46.5 Å². The lowest BCUT2D eigenvalue weighted by molar-refractivity contribution is 0.0934. The van der Waals surface area contributed by atoms with Crippen molar-refractivity contribution in [2.24, 2.45) is 0 Å². The molecule has 5 nitrogen and oxygen atoms in total. The molecule has 1 N–H and O–H groups in total. The molecule has 0 saturated heterocycles. The van der Waals surface area contributed by atoms with Crippen molar-refractivity contribution in [1.29, 1.82) is 0 Å². The third kappa shape index (κ3) is 3.23. The van der Waals surface area contributed by atoms with Crippen LogP contribution in [0.15, 0.2) is 65.2 Å². The molecule has 29 heavy (non-hydrogen) atoms. The van der Waals surface area contributed by atoms with E-state index in [1.54, 1.807) is 6.20 Å². The first-order valence-corrected chi connectivity index (χ1v) is 10.0. The van der Waals surface area contributed by atoms with Gasteiger partial charge >= 0.3 is 0 Å². The molecular formula is C24H23N3O2. The summed E-state index contributed by atoms with van der Waals surface area (Å²) < 4.78 is 7.85. The highest BCUT2D eigenvalue weighted by Gasteiger charge is 2.33. The molecule has 1 amide bonds. The van der Waals surface area contributed by atoms with Crippen LogP contribution in [0, 0.1) is 6.92 Å². The van der Waals surface area contributed by atoms with Crippen LogP contribution in [0.4, 0.5) is 0 Å². The molecule has 4 aromatic rings. The minimum absolute atomic E-state index is 0.111. The highest BCUT2D eigenvalue weighted by molar-refractivity contribution is 5.96. The first kappa shape index (κ1) is 17.7. The number of aromatic nitrogens is 2. The number of aryl methyl sites for hydroxylation is 1. The molecule has 2 aromatic heterocycles. The largest absolute Gasteiger partial charge is 0.459 e. The number of amides is 1. The fourth-order valence-electron chi connectivity index (χ4n) is 3.84. The van der Waals surface area contributed by atoms with Gasteiger partial charge in [0.15, 0.2) is 0 Å². The van der Waals surface area contributed by atoms with E-state index < -0.39 is 0 Å². The zero-order valence-electron chi connectivity index (χ0n) is 16.6. The lowest BCUT2D eigenvalue weighted by Crippen LogP contribution is -2.27. The van der Waals surface area contributed by atoms with Crippen molar-refractivity contribution in [2.45, 2.75) is 38.6 Å². The van der Waals surface area contributed by atoms with Gasteiger partial charge in [-0.2, -0.15) is 5.10 Å². The predicted octanol–water partition coefficient (Wildman–Crippen LogP) is 5.30. The van der Waals surface area contributed by atoms with Crippen LogP contribution >= 0.6 is 0 Å². The summed E-state index contributed by atoms with van der Waals surface area (Å²) in [6.45, 7) is 4.01. The van der Waals surface area contributed by atoms with E-state index in [0.29, 0.717) is 11.5 Å². The Labute approximate surface area is 169 Å². The number of hydrogen-bond donors (Lipinski definition) is 1. The second kappa shape index (κ2) is 6.92. The molecule has 1 saturated carbocycles. The van der Waals surface area contributed by atoms with Crippen LogP contribution in [0.25, 0.3) is 16.7 Å². The molecule has 0 bridgehead atoms. The molecule has 0 radical (unpaired) electrons. The van der Waals surface area contributed by atoms with Crippen molar-refractivity contribution in [2.75, 3.05) is 0 Å². The molecule has 2 heterocycles. The van der Waals surface area contributed by atoms with Crippen molar-refractivity contribution in [3.05, 3.63) is 83.4 Å². The summed E-state index contributed by atoms with van der Waals surface area (Å²) in [7, 11) is 0. The van der Waals surface area contributed by atoms with Crippen LogP contribution in [-0.4, -0.2) is 15.7 Å². The average Bonchev–Trinajstić information content (AvgIpc) is 3.31. The number of nitrogens with zero attached hydrogens (tertiary/aromatic N) is 2. The molecule has 1 aliphatic rings. The number of fused-ring (bicyclic) bond motifs is 1. The molecule has 1 unspecified atom stereocenters. The van der Waals surface area contributed by atoms with E-state index in [4.69, 9.17) is 4.42 Å². The summed E-state index contributed by atoms with van der Waals surface area (Å²) in [5.74, 6) is 1.03. The maximum atomic E-state index is 13.1. The van der Waals surface area contributed by atoms with E-state index in [-0.39, 0.29) is 11.9 Å². The third-order valence-corrected chi connectivity index (χ3v) is 5.58. The Kier molecular flexibility index (Phi) is 4.23. The quantitative estimate of drug-likeness (QED) is 0.507. The Balaban J connectivity index is 1.44. The van der Waals surface area contributed by atoms with E-state index in [1.165, 1.54) is 0 Å². The number of carbonyl (C=O) groups excluding carboxylic acids is 1. The van der Waals surface area contributed by atoms with Crippen molar-refractivity contribution in [3.63, 3.8) is 0 Å². The minimum Gasteiger partial charge on any atom is -0.459 e. The molecule has 5 rings (SSSR count). The molecule has 1 fully saturated rings. The van der Waals surface area contributed by atoms with Gasteiger partial charge in [-0.15, -0.1) is 0 Å². The number of hydrogen-bond acceptors (Lipinski definition) is 3. The molecule has 1 aliphatic carbocycles. The third-order valence-electron chi connectivity index (χ3n) is 5.58. The summed E-state index contributed by atoms with van der Waals surface area (Å²) >= 11 is 0. The highest BCUT2D eigenvalue weighted by atomic mass is 16.3. The van der Waals surface area contributed by atoms with Gasteiger partial charge in [-0.25, -0.2) is 4.68 Å². The molecule has 146 valence electrons. The van der Waals surface area contributed by atoms with Crippen LogP contribution in [-0.2, 0) is 0 Å². The van der Waals surface area contributed by atoms with Crippen molar-refractivity contribution in [3.8, 4) is 5.69 Å². The van der Waals surface area contributed by atoms with Crippen LogP contribution in [0.3, 0.4) is 0 Å². The number of rotatable bonds is 5. The summed E-state index contributed by atoms with van der Waals surface area (Å²) in [5.41, 5.74) is 4.65. The first-order valence-electron chi connectivity index (χ1n) is 10.0. The number of furan rings is 1. The van der Waals surface area contributed by atoms with Gasteiger partial charge in [0, 0.05) is 11.3 Å². The van der Waals surface area contributed by atoms with Crippen molar-refractivity contribution >= 4 is 16.9 Å². The lowest BCUT2D eigenvalue weighted by Gasteiger charge is -2.13. The van der Waals surface area contributed by atoms with Crippen LogP contribution in [0.5, 0.6) is 0 Å². The topological polar surface area (TPSA) is 60.1 Å². The van der Waals surface area contributed by atoms with E-state index >= 15 is 0 Å². The zero-order valence-corrected chi connectivity index (χ0v) is 16.6. The predicted molar refractivity (Wildman–Crippen MR) is 112 cm³/mol. The van der Waals surface area contributed by atoms with Crippen molar-refractivity contribution in [1.82, 2.24) is 15.1 Å². The smallest absolute Gasteiger partial charge is 0.255 e. The monoisotopic (exact) mass is 385 g/mol. The summed E-state index contributed by atoms with van der Waals surface area (Å²) in [4.78, 5) is 13.1. The molecule has 5 heteroatoms. The Morgan fingerprint density at radius 1 is 1.17 bits per heavy atom. The molecular weight excluding hydrogens is 362 g/mol. The number of carbonyl (C=O) groups is 1. The Morgan fingerprint density at radius 3 is 2.69 bits per heavy atom. The van der Waals surface area contributed by atoms with Gasteiger partial charge in [-0.3, -0.25) is 4.79 Å². The Morgan fingerprint density at radius 2 is 1.93 bits per heavy atom. The van der Waals surface area contributed by atoms with Crippen LogP contribution in [0.2, 0.25) is 0 Å². The maximum absolute atomic E-state index is 13.1. The number of benzene rings is 2. The van der Waals surface area contributed by atoms with Gasteiger partial charge in [-0.05, 0) is 50.5 Å². The standard InChI is InChI=1S/C24H23N3O2/c1-15-7-3-5-9-20(15)27-23(17-11-12-17)19(14-25-27)24(28)26-16(2)22-13-18-8-4-6-10-21(18)29-22/h3-10,13-14,16-17H,11-12H2,1-2H3,(H,26,28). The number of nitrogens with one attached hydrogen (secondary N) is 1. The van der Waals surface area contributed by atoms with Gasteiger partial charge in [0.2, 0.25) is 0 Å². The van der Waals surface area contributed by atoms with Crippen LogP contribution < -0.4 is 5.32 Å². The fraction of sp³-hybridized carbons (Fsp3) is 0.250. The number of para-hydroxylation sites is 2. The van der Waals surface area contributed by atoms with Gasteiger partial charge in [0.1, 0.15) is 11.3 Å². The lowest BCUT2D eigenvalue weighted by atomic mass is 10.1. The maximum Gasteiger partial charge on any atom is 0.255 e. The summed E-state index contributed by atoms with van der Waals surface area (Å²) in [6, 6.07) is 17.8. The molecule has 0 spiro atoms. The van der Waals surface area contributed by atoms with E-state index in [9.17, 15) is 4.79 Å². The highest BCUT2D eigenvalue weighted by Crippen LogP contribution is 2.42. The SMILES string of the molecule is Cc1ccccc1-n1ncc(C(=O)NC(C)c2cc3ccccc3o2)c1C1CC1. The normalized spacial score (nSPS) is 14.8. The van der Waals surface area contributed by atoms with E-state index in [2.05, 4.69) is 23.4 Å². The zero-order chi connectivity index (χ0) is 20.0. The second-order valence-electron chi connectivity index (χ2n) is 7.80. The summed E-state index contributed by atoms with van der Waals surface area (Å²) in [5, 5.41) is 8.70.